The van der Waals surface area contributed by atoms with Crippen molar-refractivity contribution in [3.63, 3.8) is 0 Å². The van der Waals surface area contributed by atoms with E-state index in [2.05, 4.69) is 0 Å². The highest BCUT2D eigenvalue weighted by Gasteiger charge is 2.39. The molecule has 1 aliphatic heterocycles. The number of rotatable bonds is 2. The van der Waals surface area contributed by atoms with Crippen molar-refractivity contribution in [1.29, 1.82) is 0 Å². The molecular formula is C11H18N2OS. The third-order valence-corrected chi connectivity index (χ3v) is 4.19. The summed E-state index contributed by atoms with van der Waals surface area (Å²) in [6.07, 6.45) is 3.91. The van der Waals surface area contributed by atoms with Gasteiger partial charge in [0, 0.05) is 13.1 Å². The molecule has 3 atom stereocenters. The van der Waals surface area contributed by atoms with Gasteiger partial charge in [0.1, 0.15) is 0 Å². The highest BCUT2D eigenvalue weighted by atomic mass is 32.1. The van der Waals surface area contributed by atoms with Gasteiger partial charge in [-0.25, -0.2) is 0 Å². The molecule has 4 heteroatoms. The van der Waals surface area contributed by atoms with Crippen molar-refractivity contribution < 1.29 is 4.79 Å². The molecule has 0 aromatic carbocycles. The zero-order chi connectivity index (χ0) is 11.0. The van der Waals surface area contributed by atoms with Gasteiger partial charge in [0.2, 0.25) is 5.91 Å². The first-order valence-electron chi connectivity index (χ1n) is 5.67. The Labute approximate surface area is 96.0 Å². The van der Waals surface area contributed by atoms with Crippen LogP contribution in [0.4, 0.5) is 0 Å². The van der Waals surface area contributed by atoms with Crippen LogP contribution >= 0.6 is 12.2 Å². The number of fused-ring (bicyclic) bond motifs is 1. The number of thiocarbonyl (C=S) groups is 1. The monoisotopic (exact) mass is 226 g/mol. The van der Waals surface area contributed by atoms with Crippen LogP contribution in [0.2, 0.25) is 0 Å². The molecule has 15 heavy (non-hydrogen) atoms. The van der Waals surface area contributed by atoms with Gasteiger partial charge >= 0.3 is 0 Å². The Morgan fingerprint density at radius 3 is 2.40 bits per heavy atom. The normalized spacial score (nSPS) is 31.4. The zero-order valence-corrected chi connectivity index (χ0v) is 9.93. The topological polar surface area (TPSA) is 46.3 Å². The van der Waals surface area contributed by atoms with Crippen molar-refractivity contribution in [2.75, 3.05) is 13.1 Å². The van der Waals surface area contributed by atoms with E-state index in [0.717, 1.165) is 24.9 Å². The van der Waals surface area contributed by atoms with Gasteiger partial charge in [0.05, 0.1) is 10.9 Å². The Bertz CT molecular complexity index is 280. The van der Waals surface area contributed by atoms with Crippen LogP contribution < -0.4 is 5.73 Å². The summed E-state index contributed by atoms with van der Waals surface area (Å²) in [5.74, 6) is 1.32. The number of hydrogen-bond donors (Lipinski definition) is 1. The molecule has 3 unspecified atom stereocenters. The second-order valence-electron chi connectivity index (χ2n) is 4.82. The number of nitrogens with zero attached hydrogens (tertiary/aromatic N) is 1. The third kappa shape index (κ3) is 2.00. The second-order valence-corrected chi connectivity index (χ2v) is 5.29. The molecule has 1 saturated heterocycles. The molecule has 1 amide bonds. The van der Waals surface area contributed by atoms with Crippen molar-refractivity contribution in [2.45, 2.75) is 26.2 Å². The fourth-order valence-corrected chi connectivity index (χ4v) is 2.91. The molecule has 1 heterocycles. The average Bonchev–Trinajstić information content (AvgIpc) is 2.74. The molecule has 1 saturated carbocycles. The number of carbonyl (C=O) groups excluding carboxylic acids is 1. The SMILES string of the molecule is CC(C(=O)N1CC2CCCC2C1)C(N)=S. The number of likely N-dealkylation sites (tertiary alicyclic amines) is 1. The van der Waals surface area contributed by atoms with Gasteiger partial charge in [-0.2, -0.15) is 0 Å². The fraction of sp³-hybridized carbons (Fsp3) is 0.818. The summed E-state index contributed by atoms with van der Waals surface area (Å²) in [7, 11) is 0. The van der Waals surface area contributed by atoms with E-state index in [1.165, 1.54) is 19.3 Å². The van der Waals surface area contributed by atoms with Crippen LogP contribution in [0, 0.1) is 17.8 Å². The van der Waals surface area contributed by atoms with Gasteiger partial charge in [0.15, 0.2) is 0 Å². The lowest BCUT2D eigenvalue weighted by Gasteiger charge is -2.20. The summed E-state index contributed by atoms with van der Waals surface area (Å²) in [4.78, 5) is 14.2. The van der Waals surface area contributed by atoms with Gasteiger partial charge in [0.25, 0.3) is 0 Å². The van der Waals surface area contributed by atoms with Gasteiger partial charge in [-0.15, -0.1) is 0 Å². The maximum atomic E-state index is 12.0. The molecule has 2 rings (SSSR count). The minimum Gasteiger partial charge on any atom is -0.393 e. The minimum absolute atomic E-state index is 0.122. The molecule has 84 valence electrons. The lowest BCUT2D eigenvalue weighted by Crippen LogP contribution is -2.39. The standard InChI is InChI=1S/C11H18N2OS/c1-7(10(12)15)11(14)13-5-8-3-2-4-9(8)6-13/h7-9H,2-6H2,1H3,(H2,12,15). The number of nitrogens with two attached hydrogens (primary N) is 1. The smallest absolute Gasteiger partial charge is 0.232 e. The molecule has 1 aliphatic carbocycles. The third-order valence-electron chi connectivity index (χ3n) is 3.84. The Morgan fingerprint density at radius 1 is 1.40 bits per heavy atom. The van der Waals surface area contributed by atoms with E-state index in [1.54, 1.807) is 6.92 Å². The van der Waals surface area contributed by atoms with E-state index >= 15 is 0 Å². The van der Waals surface area contributed by atoms with Crippen LogP contribution in [0.1, 0.15) is 26.2 Å². The first kappa shape index (κ1) is 10.9. The van der Waals surface area contributed by atoms with E-state index in [0.29, 0.717) is 4.99 Å². The lowest BCUT2D eigenvalue weighted by molar-refractivity contribution is -0.132. The molecule has 3 nitrogen and oxygen atoms in total. The average molecular weight is 226 g/mol. The lowest BCUT2D eigenvalue weighted by atomic mass is 10.0. The van der Waals surface area contributed by atoms with Crippen molar-refractivity contribution in [3.8, 4) is 0 Å². The van der Waals surface area contributed by atoms with Crippen LogP contribution in [-0.4, -0.2) is 28.9 Å². The Balaban J connectivity index is 1.96. The van der Waals surface area contributed by atoms with E-state index in [9.17, 15) is 4.79 Å². The van der Waals surface area contributed by atoms with Gasteiger partial charge < -0.3 is 10.6 Å². The van der Waals surface area contributed by atoms with Gasteiger partial charge in [-0.05, 0) is 31.6 Å². The largest absolute Gasteiger partial charge is 0.393 e. The van der Waals surface area contributed by atoms with Crippen molar-refractivity contribution in [1.82, 2.24) is 4.90 Å². The minimum atomic E-state index is -0.293. The summed E-state index contributed by atoms with van der Waals surface area (Å²) in [5, 5.41) is 0. The highest BCUT2D eigenvalue weighted by molar-refractivity contribution is 7.80. The predicted molar refractivity (Wildman–Crippen MR) is 63.4 cm³/mol. The first-order valence-corrected chi connectivity index (χ1v) is 6.08. The molecule has 0 radical (unpaired) electrons. The zero-order valence-electron chi connectivity index (χ0n) is 9.11. The number of carbonyl (C=O) groups is 1. The summed E-state index contributed by atoms with van der Waals surface area (Å²) >= 11 is 4.86. The summed E-state index contributed by atoms with van der Waals surface area (Å²) in [6.45, 7) is 3.66. The summed E-state index contributed by atoms with van der Waals surface area (Å²) in [5.41, 5.74) is 5.50. The first-order chi connectivity index (χ1) is 7.09. The molecule has 0 aromatic rings. The second kappa shape index (κ2) is 4.08. The van der Waals surface area contributed by atoms with Crippen molar-refractivity contribution in [3.05, 3.63) is 0 Å². The van der Waals surface area contributed by atoms with Crippen LogP contribution in [0.5, 0.6) is 0 Å². The molecular weight excluding hydrogens is 208 g/mol. The van der Waals surface area contributed by atoms with Crippen LogP contribution in [0.25, 0.3) is 0 Å². The summed E-state index contributed by atoms with van der Waals surface area (Å²) < 4.78 is 0. The Hall–Kier alpha value is -0.640. The number of hydrogen-bond acceptors (Lipinski definition) is 2. The maximum Gasteiger partial charge on any atom is 0.232 e. The predicted octanol–water partition coefficient (Wildman–Crippen LogP) is 1.17. The van der Waals surface area contributed by atoms with E-state index in [1.807, 2.05) is 4.90 Å². The van der Waals surface area contributed by atoms with Gasteiger partial charge in [-0.1, -0.05) is 18.6 Å². The Kier molecular flexibility index (Phi) is 2.96. The maximum absolute atomic E-state index is 12.0. The van der Waals surface area contributed by atoms with Crippen LogP contribution in [0.15, 0.2) is 0 Å². The molecule has 0 bridgehead atoms. The van der Waals surface area contributed by atoms with E-state index in [-0.39, 0.29) is 11.8 Å². The van der Waals surface area contributed by atoms with Crippen molar-refractivity contribution in [2.24, 2.45) is 23.5 Å². The molecule has 0 aromatic heterocycles. The van der Waals surface area contributed by atoms with Gasteiger partial charge in [-0.3, -0.25) is 4.79 Å². The van der Waals surface area contributed by atoms with E-state index < -0.39 is 0 Å². The molecule has 2 fully saturated rings. The summed E-state index contributed by atoms with van der Waals surface area (Å²) in [6, 6.07) is 0. The van der Waals surface area contributed by atoms with Crippen molar-refractivity contribution >= 4 is 23.1 Å². The fourth-order valence-electron chi connectivity index (χ4n) is 2.81. The Morgan fingerprint density at radius 2 is 1.93 bits per heavy atom. The van der Waals surface area contributed by atoms with Crippen LogP contribution in [0.3, 0.4) is 0 Å². The number of amides is 1. The molecule has 0 spiro atoms. The van der Waals surface area contributed by atoms with E-state index in [4.69, 9.17) is 18.0 Å². The quantitative estimate of drug-likeness (QED) is 0.719. The molecule has 2 aliphatic rings. The highest BCUT2D eigenvalue weighted by Crippen LogP contribution is 2.38. The molecule has 2 N–H and O–H groups in total. The van der Waals surface area contributed by atoms with Crippen LogP contribution in [-0.2, 0) is 4.79 Å².